The number of nitrogens with one attached hydrogen (secondary N) is 1. The molecule has 23 heavy (non-hydrogen) atoms. The van der Waals surface area contributed by atoms with Gasteiger partial charge in [-0.1, -0.05) is 6.92 Å². The average Bonchev–Trinajstić information content (AvgIpc) is 2.60. The Hall–Kier alpha value is -1.50. The van der Waals surface area contributed by atoms with Crippen molar-refractivity contribution in [2.24, 2.45) is 0 Å². The van der Waals surface area contributed by atoms with E-state index in [4.69, 9.17) is 9.94 Å². The molecule has 3 rings (SSSR count). The molecule has 0 bridgehead atoms. The van der Waals surface area contributed by atoms with E-state index < -0.39 is 5.91 Å². The smallest absolute Gasteiger partial charge is 0.276 e. The lowest BCUT2D eigenvalue weighted by atomic mass is 9.95. The standard InChI is InChI=1S/C17H25N3O3/c1-2-14-8-16-13(7-12(9-18-16)17(21)19-22)10-20(14)11-15-5-3-4-6-23-15/h7,9,14-15,22H,2-6,8,10-11H2,1H3,(H,19,21)/t14-,15-/m1/s1. The van der Waals surface area contributed by atoms with Crippen molar-refractivity contribution >= 4 is 5.91 Å². The Kier molecular flexibility index (Phi) is 5.25. The molecule has 1 amide bonds. The van der Waals surface area contributed by atoms with E-state index in [2.05, 4.69) is 16.8 Å². The molecule has 1 aromatic rings. The van der Waals surface area contributed by atoms with E-state index in [1.54, 1.807) is 5.48 Å². The van der Waals surface area contributed by atoms with Crippen molar-refractivity contribution in [3.05, 3.63) is 29.1 Å². The number of fused-ring (bicyclic) bond motifs is 1. The van der Waals surface area contributed by atoms with E-state index in [1.807, 2.05) is 6.07 Å². The first-order chi connectivity index (χ1) is 11.2. The van der Waals surface area contributed by atoms with Crippen LogP contribution < -0.4 is 5.48 Å². The molecule has 2 N–H and O–H groups in total. The zero-order chi connectivity index (χ0) is 16.2. The summed E-state index contributed by atoms with van der Waals surface area (Å²) in [7, 11) is 0. The highest BCUT2D eigenvalue weighted by atomic mass is 16.5. The van der Waals surface area contributed by atoms with Crippen LogP contribution in [-0.4, -0.2) is 46.3 Å². The summed E-state index contributed by atoms with van der Waals surface area (Å²) < 4.78 is 5.89. The van der Waals surface area contributed by atoms with Crippen molar-refractivity contribution in [1.29, 1.82) is 0 Å². The summed E-state index contributed by atoms with van der Waals surface area (Å²) in [5, 5.41) is 8.79. The first kappa shape index (κ1) is 16.4. The molecular formula is C17H25N3O3. The number of aromatic nitrogens is 1. The summed E-state index contributed by atoms with van der Waals surface area (Å²) in [5.74, 6) is -0.514. The quantitative estimate of drug-likeness (QED) is 0.655. The maximum Gasteiger partial charge on any atom is 0.276 e. The van der Waals surface area contributed by atoms with Crippen LogP contribution >= 0.6 is 0 Å². The lowest BCUT2D eigenvalue weighted by molar-refractivity contribution is -0.0182. The molecule has 0 spiro atoms. The second-order valence-electron chi connectivity index (χ2n) is 6.45. The van der Waals surface area contributed by atoms with E-state index in [1.165, 1.54) is 19.0 Å². The molecule has 0 radical (unpaired) electrons. The lowest BCUT2D eigenvalue weighted by Crippen LogP contribution is -2.45. The SMILES string of the molecule is CC[C@@H]1Cc2ncc(C(=O)NO)cc2CN1C[C@H]1CCCCO1. The molecule has 0 aromatic carbocycles. The molecule has 2 aliphatic heterocycles. The van der Waals surface area contributed by atoms with Crippen molar-refractivity contribution in [3.63, 3.8) is 0 Å². The lowest BCUT2D eigenvalue weighted by Gasteiger charge is -2.38. The van der Waals surface area contributed by atoms with Gasteiger partial charge in [0.15, 0.2) is 0 Å². The summed E-state index contributed by atoms with van der Waals surface area (Å²) in [6, 6.07) is 2.31. The predicted octanol–water partition coefficient (Wildman–Crippen LogP) is 1.91. The first-order valence-electron chi connectivity index (χ1n) is 8.49. The molecule has 126 valence electrons. The molecule has 2 aliphatic rings. The van der Waals surface area contributed by atoms with Crippen LogP contribution in [0, 0.1) is 0 Å². The van der Waals surface area contributed by atoms with E-state index in [-0.39, 0.29) is 0 Å². The van der Waals surface area contributed by atoms with Crippen molar-refractivity contribution in [1.82, 2.24) is 15.4 Å². The summed E-state index contributed by atoms with van der Waals surface area (Å²) in [4.78, 5) is 18.5. The van der Waals surface area contributed by atoms with Gasteiger partial charge in [0.1, 0.15) is 0 Å². The highest BCUT2D eigenvalue weighted by Gasteiger charge is 2.29. The van der Waals surface area contributed by atoms with Gasteiger partial charge in [-0.15, -0.1) is 0 Å². The number of hydrogen-bond donors (Lipinski definition) is 2. The summed E-state index contributed by atoms with van der Waals surface area (Å²) in [6.07, 6.45) is 7.37. The van der Waals surface area contributed by atoms with Crippen LogP contribution in [0.2, 0.25) is 0 Å². The number of hydroxylamine groups is 1. The minimum atomic E-state index is -0.514. The molecule has 0 saturated carbocycles. The first-order valence-corrected chi connectivity index (χ1v) is 8.49. The summed E-state index contributed by atoms with van der Waals surface area (Å²) in [6.45, 7) is 4.80. The van der Waals surface area contributed by atoms with Gasteiger partial charge in [0.2, 0.25) is 0 Å². The Morgan fingerprint density at radius 2 is 2.39 bits per heavy atom. The predicted molar refractivity (Wildman–Crippen MR) is 85.3 cm³/mol. The minimum absolute atomic E-state index is 0.316. The van der Waals surface area contributed by atoms with Gasteiger partial charge < -0.3 is 4.74 Å². The second kappa shape index (κ2) is 7.38. The van der Waals surface area contributed by atoms with Crippen LogP contribution in [0.1, 0.15) is 54.2 Å². The number of rotatable bonds is 4. The molecule has 1 aromatic heterocycles. The molecule has 3 heterocycles. The zero-order valence-corrected chi connectivity index (χ0v) is 13.6. The number of amides is 1. The third kappa shape index (κ3) is 3.71. The second-order valence-corrected chi connectivity index (χ2v) is 6.45. The van der Waals surface area contributed by atoms with Crippen LogP contribution in [0.15, 0.2) is 12.3 Å². The van der Waals surface area contributed by atoms with Crippen molar-refractivity contribution in [2.45, 2.75) is 57.7 Å². The van der Waals surface area contributed by atoms with Gasteiger partial charge in [-0.25, -0.2) is 5.48 Å². The number of carbonyl (C=O) groups excluding carboxylic acids is 1. The van der Waals surface area contributed by atoms with E-state index in [0.717, 1.165) is 50.2 Å². The molecule has 2 atom stereocenters. The summed E-state index contributed by atoms with van der Waals surface area (Å²) >= 11 is 0. The van der Waals surface area contributed by atoms with Crippen LogP contribution in [0.5, 0.6) is 0 Å². The maximum atomic E-state index is 11.6. The molecule has 6 nitrogen and oxygen atoms in total. The fraction of sp³-hybridized carbons (Fsp3) is 0.647. The molecule has 1 fully saturated rings. The molecule has 0 aliphatic carbocycles. The van der Waals surface area contributed by atoms with Gasteiger partial charge in [-0.2, -0.15) is 0 Å². The van der Waals surface area contributed by atoms with Crippen LogP contribution in [-0.2, 0) is 17.7 Å². The molecule has 1 saturated heterocycles. The maximum absolute atomic E-state index is 11.6. The Bertz CT molecular complexity index is 558. The van der Waals surface area contributed by atoms with Gasteiger partial charge >= 0.3 is 0 Å². The third-order valence-corrected chi connectivity index (χ3v) is 4.93. The van der Waals surface area contributed by atoms with Crippen molar-refractivity contribution < 1.29 is 14.7 Å². The van der Waals surface area contributed by atoms with Crippen LogP contribution in [0.3, 0.4) is 0 Å². The van der Waals surface area contributed by atoms with Crippen molar-refractivity contribution in [3.8, 4) is 0 Å². The highest BCUT2D eigenvalue weighted by molar-refractivity contribution is 5.93. The number of pyridine rings is 1. The van der Waals surface area contributed by atoms with Gasteiger partial charge in [0.25, 0.3) is 5.91 Å². The Labute approximate surface area is 136 Å². The van der Waals surface area contributed by atoms with Gasteiger partial charge in [-0.3, -0.25) is 19.9 Å². The van der Waals surface area contributed by atoms with Crippen LogP contribution in [0.4, 0.5) is 0 Å². The Balaban J connectivity index is 1.76. The zero-order valence-electron chi connectivity index (χ0n) is 13.6. The van der Waals surface area contributed by atoms with Gasteiger partial charge in [0, 0.05) is 44.0 Å². The number of carbonyl (C=O) groups is 1. The van der Waals surface area contributed by atoms with Crippen molar-refractivity contribution in [2.75, 3.05) is 13.2 Å². The highest BCUT2D eigenvalue weighted by Crippen LogP contribution is 2.26. The fourth-order valence-electron chi connectivity index (χ4n) is 3.58. The van der Waals surface area contributed by atoms with Gasteiger partial charge in [-0.05, 0) is 37.3 Å². The van der Waals surface area contributed by atoms with E-state index in [0.29, 0.717) is 17.7 Å². The molecular weight excluding hydrogens is 294 g/mol. The molecule has 0 unspecified atom stereocenters. The monoisotopic (exact) mass is 319 g/mol. The van der Waals surface area contributed by atoms with Gasteiger partial charge in [0.05, 0.1) is 11.7 Å². The number of hydrogen-bond acceptors (Lipinski definition) is 5. The normalized spacial score (nSPS) is 25.0. The van der Waals surface area contributed by atoms with E-state index in [9.17, 15) is 4.79 Å². The average molecular weight is 319 g/mol. The third-order valence-electron chi connectivity index (χ3n) is 4.93. The minimum Gasteiger partial charge on any atom is -0.377 e. The molecule has 6 heteroatoms. The Morgan fingerprint density at radius 1 is 1.52 bits per heavy atom. The number of nitrogens with zero attached hydrogens (tertiary/aromatic N) is 2. The summed E-state index contributed by atoms with van der Waals surface area (Å²) in [5.41, 5.74) is 4.21. The largest absolute Gasteiger partial charge is 0.377 e. The van der Waals surface area contributed by atoms with E-state index >= 15 is 0 Å². The topological polar surface area (TPSA) is 74.7 Å². The number of ether oxygens (including phenoxy) is 1. The Morgan fingerprint density at radius 3 is 3.09 bits per heavy atom. The van der Waals surface area contributed by atoms with Crippen LogP contribution in [0.25, 0.3) is 0 Å². The fourth-order valence-corrected chi connectivity index (χ4v) is 3.58.